The summed E-state index contributed by atoms with van der Waals surface area (Å²) in [6, 6.07) is 11.0. The number of benzene rings is 2. The highest BCUT2D eigenvalue weighted by Gasteiger charge is 2.25. The Kier molecular flexibility index (Phi) is 4.18. The zero-order valence-corrected chi connectivity index (χ0v) is 14.8. The summed E-state index contributed by atoms with van der Waals surface area (Å²) in [6.45, 7) is 0. The van der Waals surface area contributed by atoms with Gasteiger partial charge in [0.1, 0.15) is 29.3 Å². The number of fused-ring (bicyclic) bond motifs is 2. The van der Waals surface area contributed by atoms with Gasteiger partial charge in [-0.25, -0.2) is 9.98 Å². The Morgan fingerprint density at radius 2 is 1.85 bits per heavy atom. The van der Waals surface area contributed by atoms with Crippen molar-refractivity contribution in [2.75, 3.05) is 14.2 Å². The number of ether oxygens (including phenoxy) is 3. The van der Waals surface area contributed by atoms with Crippen molar-refractivity contribution in [3.8, 4) is 23.1 Å². The fraction of sp³-hybridized carbons (Fsp3) is 0.105. The number of nitrogens with zero attached hydrogens (tertiary/aromatic N) is 3. The molecule has 6 nitrogen and oxygen atoms in total. The van der Waals surface area contributed by atoms with Gasteiger partial charge in [-0.1, -0.05) is 23.7 Å². The van der Waals surface area contributed by atoms with Crippen molar-refractivity contribution in [2.24, 2.45) is 4.99 Å². The fourth-order valence-electron chi connectivity index (χ4n) is 2.72. The number of hydrogen-bond acceptors (Lipinski definition) is 6. The van der Waals surface area contributed by atoms with Crippen LogP contribution in [0.1, 0.15) is 11.1 Å². The molecule has 2 aromatic carbocycles. The molecule has 7 heteroatoms. The zero-order valence-electron chi connectivity index (χ0n) is 14.1. The highest BCUT2D eigenvalue weighted by Crippen LogP contribution is 2.43. The summed E-state index contributed by atoms with van der Waals surface area (Å²) in [7, 11) is 3.18. The molecule has 130 valence electrons. The van der Waals surface area contributed by atoms with Crippen LogP contribution >= 0.6 is 11.6 Å². The Morgan fingerprint density at radius 1 is 1.04 bits per heavy atom. The maximum atomic E-state index is 6.04. The molecule has 0 aliphatic carbocycles. The zero-order chi connectivity index (χ0) is 18.1. The number of methoxy groups -OCH3 is 2. The molecule has 0 saturated carbocycles. The third-order valence-corrected chi connectivity index (χ3v) is 4.20. The normalized spacial score (nSPS) is 12.2. The molecule has 0 unspecified atom stereocenters. The van der Waals surface area contributed by atoms with Crippen LogP contribution in [0, 0.1) is 0 Å². The second-order valence-corrected chi connectivity index (χ2v) is 5.92. The third kappa shape index (κ3) is 2.84. The molecule has 0 spiro atoms. The molecule has 0 fully saturated rings. The quantitative estimate of drug-likeness (QED) is 0.536. The number of rotatable bonds is 3. The van der Waals surface area contributed by atoms with Crippen LogP contribution in [-0.2, 0) is 0 Å². The van der Waals surface area contributed by atoms with Crippen LogP contribution < -0.4 is 14.2 Å². The van der Waals surface area contributed by atoms with E-state index in [2.05, 4.69) is 9.97 Å². The average molecular weight is 368 g/mol. The lowest BCUT2D eigenvalue weighted by molar-refractivity contribution is 0.384. The molecule has 0 radical (unpaired) electrons. The predicted octanol–water partition coefficient (Wildman–Crippen LogP) is 4.42. The minimum absolute atomic E-state index is 0.362. The number of aliphatic imine (C=N–C) groups is 1. The number of aromatic nitrogens is 2. The van der Waals surface area contributed by atoms with Gasteiger partial charge in [-0.3, -0.25) is 0 Å². The average Bonchev–Trinajstić information content (AvgIpc) is 2.84. The van der Waals surface area contributed by atoms with Gasteiger partial charge in [-0.05, 0) is 12.1 Å². The topological polar surface area (TPSA) is 65.8 Å². The first-order valence-corrected chi connectivity index (χ1v) is 8.16. The molecule has 0 atom stereocenters. The Hall–Kier alpha value is -3.12. The summed E-state index contributed by atoms with van der Waals surface area (Å²) in [6.07, 6.45) is 3.02. The Morgan fingerprint density at radius 3 is 2.58 bits per heavy atom. The molecule has 2 heterocycles. The van der Waals surface area contributed by atoms with Crippen LogP contribution in [0.3, 0.4) is 0 Å². The van der Waals surface area contributed by atoms with Crippen molar-refractivity contribution < 1.29 is 14.2 Å². The van der Waals surface area contributed by atoms with Crippen LogP contribution in [-0.4, -0.2) is 29.9 Å². The van der Waals surface area contributed by atoms with Crippen molar-refractivity contribution in [2.45, 2.75) is 0 Å². The van der Waals surface area contributed by atoms with E-state index in [1.54, 1.807) is 32.5 Å². The van der Waals surface area contributed by atoms with E-state index < -0.39 is 0 Å². The molecule has 0 saturated heterocycles. The summed E-state index contributed by atoms with van der Waals surface area (Å²) >= 11 is 6.04. The minimum Gasteiger partial charge on any atom is -0.496 e. The summed E-state index contributed by atoms with van der Waals surface area (Å²) < 4.78 is 17.0. The van der Waals surface area contributed by atoms with E-state index in [4.69, 9.17) is 30.8 Å². The lowest BCUT2D eigenvalue weighted by atomic mass is 10.00. The van der Waals surface area contributed by atoms with E-state index in [1.807, 2.05) is 24.3 Å². The highest BCUT2D eigenvalue weighted by atomic mass is 35.5. The summed E-state index contributed by atoms with van der Waals surface area (Å²) in [4.78, 5) is 13.0. The lowest BCUT2D eigenvalue weighted by Gasteiger charge is -2.15. The van der Waals surface area contributed by atoms with E-state index in [9.17, 15) is 0 Å². The molecule has 26 heavy (non-hydrogen) atoms. The van der Waals surface area contributed by atoms with Crippen LogP contribution in [0.15, 0.2) is 53.9 Å². The van der Waals surface area contributed by atoms with Crippen LogP contribution in [0.4, 0.5) is 5.69 Å². The van der Waals surface area contributed by atoms with E-state index >= 15 is 0 Å². The van der Waals surface area contributed by atoms with Gasteiger partial charge in [-0.15, -0.1) is 0 Å². The molecular weight excluding hydrogens is 354 g/mol. The van der Waals surface area contributed by atoms with Gasteiger partial charge >= 0.3 is 0 Å². The highest BCUT2D eigenvalue weighted by molar-refractivity contribution is 6.30. The van der Waals surface area contributed by atoms with Gasteiger partial charge in [-0.2, -0.15) is 4.98 Å². The van der Waals surface area contributed by atoms with Gasteiger partial charge in [0.2, 0.25) is 5.88 Å². The molecule has 4 rings (SSSR count). The molecule has 1 aliphatic rings. The third-order valence-electron chi connectivity index (χ3n) is 3.95. The van der Waals surface area contributed by atoms with Gasteiger partial charge < -0.3 is 14.2 Å². The smallest absolute Gasteiger partial charge is 0.248 e. The van der Waals surface area contributed by atoms with Gasteiger partial charge in [0.05, 0.1) is 31.7 Å². The van der Waals surface area contributed by atoms with Crippen molar-refractivity contribution in [1.82, 2.24) is 9.97 Å². The molecule has 3 aromatic rings. The standard InChI is InChI=1S/C19H14ClN3O3/c1-24-13-7-15(25-2)17-16(8-13)26-19-14(9-21-10-22-19)23-18(17)11-3-5-12(20)6-4-11/h3-10H,1-2H3. The lowest BCUT2D eigenvalue weighted by Crippen LogP contribution is -2.07. The monoisotopic (exact) mass is 367 g/mol. The maximum absolute atomic E-state index is 6.04. The first-order chi connectivity index (χ1) is 12.7. The van der Waals surface area contributed by atoms with E-state index in [-0.39, 0.29) is 0 Å². The number of hydrogen-bond donors (Lipinski definition) is 0. The fourth-order valence-corrected chi connectivity index (χ4v) is 2.85. The van der Waals surface area contributed by atoms with Crippen molar-refractivity contribution in [3.05, 3.63) is 65.1 Å². The van der Waals surface area contributed by atoms with Crippen molar-refractivity contribution >= 4 is 23.0 Å². The molecule has 0 bridgehead atoms. The molecule has 0 N–H and O–H groups in total. The van der Waals surface area contributed by atoms with Crippen LogP contribution in [0.5, 0.6) is 23.1 Å². The SMILES string of the molecule is COc1cc(OC)c2c(c1)Oc1ncncc1N=C2c1ccc(Cl)cc1. The maximum Gasteiger partial charge on any atom is 0.248 e. The van der Waals surface area contributed by atoms with Gasteiger partial charge in [0.15, 0.2) is 0 Å². The summed E-state index contributed by atoms with van der Waals surface area (Å²) in [5.74, 6) is 2.08. The van der Waals surface area contributed by atoms with Crippen LogP contribution in [0.2, 0.25) is 5.02 Å². The number of halogens is 1. The summed E-state index contributed by atoms with van der Waals surface area (Å²) in [5, 5.41) is 0.643. The summed E-state index contributed by atoms with van der Waals surface area (Å²) in [5.41, 5.74) is 2.76. The minimum atomic E-state index is 0.362. The van der Waals surface area contributed by atoms with Gasteiger partial charge in [0, 0.05) is 22.7 Å². The van der Waals surface area contributed by atoms with E-state index in [0.29, 0.717) is 45.1 Å². The van der Waals surface area contributed by atoms with E-state index in [1.165, 1.54) is 6.33 Å². The van der Waals surface area contributed by atoms with Gasteiger partial charge in [0.25, 0.3) is 0 Å². The van der Waals surface area contributed by atoms with Crippen molar-refractivity contribution in [1.29, 1.82) is 0 Å². The predicted molar refractivity (Wildman–Crippen MR) is 98.4 cm³/mol. The Balaban J connectivity index is 2.02. The molecule has 0 amide bonds. The molecule has 1 aliphatic heterocycles. The molecular formula is C19H14ClN3O3. The largest absolute Gasteiger partial charge is 0.496 e. The Bertz CT molecular complexity index is 1000. The second kappa shape index (κ2) is 6.65. The molecule has 1 aromatic heterocycles. The first kappa shape index (κ1) is 16.4. The van der Waals surface area contributed by atoms with E-state index in [0.717, 1.165) is 5.56 Å². The first-order valence-electron chi connectivity index (χ1n) is 7.78. The van der Waals surface area contributed by atoms with Crippen molar-refractivity contribution in [3.63, 3.8) is 0 Å². The second-order valence-electron chi connectivity index (χ2n) is 5.49. The Labute approximate surface area is 155 Å². The van der Waals surface area contributed by atoms with Crippen LogP contribution in [0.25, 0.3) is 0 Å².